The molecule has 0 saturated heterocycles. The van der Waals surface area contributed by atoms with Crippen LogP contribution >= 0.6 is 0 Å². The van der Waals surface area contributed by atoms with Gasteiger partial charge >= 0.3 is 0 Å². The van der Waals surface area contributed by atoms with E-state index in [0.29, 0.717) is 12.1 Å². The minimum Gasteiger partial charge on any atom is -0.305 e. The molecule has 2 rings (SSSR count). The molecule has 0 fully saturated rings. The first-order chi connectivity index (χ1) is 9.04. The summed E-state index contributed by atoms with van der Waals surface area (Å²) < 4.78 is 41.2. The lowest BCUT2D eigenvalue weighted by Gasteiger charge is -2.19. The quantitative estimate of drug-likeness (QED) is 0.864. The van der Waals surface area contributed by atoms with Crippen molar-refractivity contribution in [2.45, 2.75) is 13.0 Å². The lowest BCUT2D eigenvalue weighted by atomic mass is 10.0. The van der Waals surface area contributed by atoms with E-state index in [1.165, 1.54) is 0 Å². The first-order valence-corrected chi connectivity index (χ1v) is 5.90. The molecule has 1 N–H and O–H groups in total. The third-order valence-electron chi connectivity index (χ3n) is 2.90. The van der Waals surface area contributed by atoms with Crippen LogP contribution in [0.15, 0.2) is 24.4 Å². The van der Waals surface area contributed by atoms with Crippen LogP contribution < -0.4 is 5.32 Å². The second kappa shape index (κ2) is 5.44. The van der Waals surface area contributed by atoms with Gasteiger partial charge in [-0.2, -0.15) is 5.10 Å². The second-order valence-corrected chi connectivity index (χ2v) is 4.17. The predicted octanol–water partition coefficient (Wildman–Crippen LogP) is 2.54. The van der Waals surface area contributed by atoms with Crippen molar-refractivity contribution in [1.82, 2.24) is 15.1 Å². The minimum atomic E-state index is -1.45. The summed E-state index contributed by atoms with van der Waals surface area (Å²) in [6.07, 6.45) is 1.59. The summed E-state index contributed by atoms with van der Waals surface area (Å²) in [5.41, 5.74) is 1.06. The summed E-state index contributed by atoms with van der Waals surface area (Å²) >= 11 is 0. The predicted molar refractivity (Wildman–Crippen MR) is 65.0 cm³/mol. The molecule has 0 aliphatic carbocycles. The number of hydrogen-bond acceptors (Lipinski definition) is 2. The summed E-state index contributed by atoms with van der Waals surface area (Å²) in [7, 11) is 1.73. The normalized spacial score (nSPS) is 12.7. The van der Waals surface area contributed by atoms with Crippen LogP contribution in [0.2, 0.25) is 0 Å². The first kappa shape index (κ1) is 13.6. The van der Waals surface area contributed by atoms with Gasteiger partial charge in [0.2, 0.25) is 0 Å². The molecular weight excluding hydrogens is 255 g/mol. The Morgan fingerprint density at radius 1 is 1.26 bits per heavy atom. The van der Waals surface area contributed by atoms with E-state index in [0.717, 1.165) is 17.8 Å². The standard InChI is InChI=1S/C13H14F3N3/c1-3-17-13(11-4-5-18-19(11)2)8-6-9(14)12(16)10(15)7-8/h4-7,13,17H,3H2,1-2H3. The van der Waals surface area contributed by atoms with Gasteiger partial charge in [-0.3, -0.25) is 4.68 Å². The maximum absolute atomic E-state index is 13.3. The van der Waals surface area contributed by atoms with E-state index in [4.69, 9.17) is 0 Å². The average Bonchev–Trinajstić information content (AvgIpc) is 2.78. The monoisotopic (exact) mass is 269 g/mol. The maximum Gasteiger partial charge on any atom is 0.194 e. The molecular formula is C13H14F3N3. The molecule has 0 bridgehead atoms. The fourth-order valence-corrected chi connectivity index (χ4v) is 2.01. The highest BCUT2D eigenvalue weighted by atomic mass is 19.2. The van der Waals surface area contributed by atoms with Crippen molar-refractivity contribution in [2.75, 3.05) is 6.54 Å². The molecule has 19 heavy (non-hydrogen) atoms. The van der Waals surface area contributed by atoms with Gasteiger partial charge in [0.25, 0.3) is 0 Å². The molecule has 3 nitrogen and oxygen atoms in total. The Hall–Kier alpha value is -1.82. The second-order valence-electron chi connectivity index (χ2n) is 4.17. The van der Waals surface area contributed by atoms with Gasteiger partial charge in [0, 0.05) is 13.2 Å². The van der Waals surface area contributed by atoms with Crippen LogP contribution in [-0.2, 0) is 7.05 Å². The number of benzene rings is 1. The Morgan fingerprint density at radius 3 is 2.37 bits per heavy atom. The van der Waals surface area contributed by atoms with Gasteiger partial charge in [-0.05, 0) is 30.3 Å². The molecule has 0 spiro atoms. The molecule has 0 radical (unpaired) electrons. The summed E-state index contributed by atoms with van der Waals surface area (Å²) in [6.45, 7) is 2.47. The number of rotatable bonds is 4. The van der Waals surface area contributed by atoms with E-state index in [-0.39, 0.29) is 0 Å². The van der Waals surface area contributed by atoms with Crippen molar-refractivity contribution in [3.05, 3.63) is 53.1 Å². The van der Waals surface area contributed by atoms with Crippen LogP contribution in [0.1, 0.15) is 24.2 Å². The van der Waals surface area contributed by atoms with Crippen molar-refractivity contribution in [1.29, 1.82) is 0 Å². The lowest BCUT2D eigenvalue weighted by molar-refractivity contribution is 0.441. The molecule has 6 heteroatoms. The van der Waals surface area contributed by atoms with Gasteiger partial charge in [0.15, 0.2) is 17.5 Å². The first-order valence-electron chi connectivity index (χ1n) is 5.90. The fourth-order valence-electron chi connectivity index (χ4n) is 2.01. The summed E-state index contributed by atoms with van der Waals surface area (Å²) in [4.78, 5) is 0. The third kappa shape index (κ3) is 2.63. The largest absolute Gasteiger partial charge is 0.305 e. The lowest BCUT2D eigenvalue weighted by Crippen LogP contribution is -2.24. The highest BCUT2D eigenvalue weighted by Gasteiger charge is 2.20. The van der Waals surface area contributed by atoms with Gasteiger partial charge in [-0.25, -0.2) is 13.2 Å². The van der Waals surface area contributed by atoms with E-state index in [1.807, 2.05) is 6.92 Å². The SMILES string of the molecule is CCNC(c1cc(F)c(F)c(F)c1)c1ccnn1C. The van der Waals surface area contributed by atoms with Gasteiger partial charge in [-0.15, -0.1) is 0 Å². The highest BCUT2D eigenvalue weighted by Crippen LogP contribution is 2.24. The van der Waals surface area contributed by atoms with Crippen molar-refractivity contribution >= 4 is 0 Å². The van der Waals surface area contributed by atoms with Crippen LogP contribution in [0.3, 0.4) is 0 Å². The number of nitrogens with zero attached hydrogens (tertiary/aromatic N) is 2. The third-order valence-corrected chi connectivity index (χ3v) is 2.90. The van der Waals surface area contributed by atoms with E-state index < -0.39 is 23.5 Å². The summed E-state index contributed by atoms with van der Waals surface area (Å²) in [6, 6.07) is 3.30. The van der Waals surface area contributed by atoms with Gasteiger partial charge in [0.1, 0.15) is 0 Å². The summed E-state index contributed by atoms with van der Waals surface area (Å²) in [5, 5.41) is 7.12. The van der Waals surface area contributed by atoms with Crippen molar-refractivity contribution < 1.29 is 13.2 Å². The topological polar surface area (TPSA) is 29.9 Å². The highest BCUT2D eigenvalue weighted by molar-refractivity contribution is 5.29. The van der Waals surface area contributed by atoms with Crippen LogP contribution in [0.25, 0.3) is 0 Å². The number of nitrogens with one attached hydrogen (secondary N) is 1. The number of aromatic nitrogens is 2. The Kier molecular flexibility index (Phi) is 3.90. The Labute approximate surface area is 109 Å². The van der Waals surface area contributed by atoms with Gasteiger partial charge < -0.3 is 5.32 Å². The van der Waals surface area contributed by atoms with Crippen molar-refractivity contribution in [2.24, 2.45) is 7.05 Å². The minimum absolute atomic E-state index is 0.321. The fraction of sp³-hybridized carbons (Fsp3) is 0.308. The van der Waals surface area contributed by atoms with E-state index in [9.17, 15) is 13.2 Å². The Balaban J connectivity index is 2.48. The number of aryl methyl sites for hydroxylation is 1. The molecule has 102 valence electrons. The molecule has 1 heterocycles. The van der Waals surface area contributed by atoms with E-state index in [2.05, 4.69) is 10.4 Å². The molecule has 0 aliphatic rings. The van der Waals surface area contributed by atoms with Gasteiger partial charge in [-0.1, -0.05) is 6.92 Å². The average molecular weight is 269 g/mol. The van der Waals surface area contributed by atoms with Crippen LogP contribution in [0, 0.1) is 17.5 Å². The molecule has 1 unspecified atom stereocenters. The zero-order chi connectivity index (χ0) is 14.0. The van der Waals surface area contributed by atoms with E-state index >= 15 is 0 Å². The molecule has 1 aromatic carbocycles. The van der Waals surface area contributed by atoms with Crippen LogP contribution in [-0.4, -0.2) is 16.3 Å². The summed E-state index contributed by atoms with van der Waals surface area (Å²) in [5.74, 6) is -3.84. The zero-order valence-corrected chi connectivity index (χ0v) is 10.6. The molecule has 0 amide bonds. The van der Waals surface area contributed by atoms with E-state index in [1.54, 1.807) is 24.0 Å². The number of halogens is 3. The maximum atomic E-state index is 13.3. The van der Waals surface area contributed by atoms with Crippen molar-refractivity contribution in [3.8, 4) is 0 Å². The van der Waals surface area contributed by atoms with Gasteiger partial charge in [0.05, 0.1) is 11.7 Å². The zero-order valence-electron chi connectivity index (χ0n) is 10.6. The van der Waals surface area contributed by atoms with Crippen LogP contribution in [0.5, 0.6) is 0 Å². The molecule has 1 aromatic heterocycles. The number of hydrogen-bond donors (Lipinski definition) is 1. The molecule has 2 aromatic rings. The molecule has 0 saturated carbocycles. The Morgan fingerprint density at radius 2 is 1.89 bits per heavy atom. The Bertz CT molecular complexity index is 557. The smallest absolute Gasteiger partial charge is 0.194 e. The van der Waals surface area contributed by atoms with Crippen molar-refractivity contribution in [3.63, 3.8) is 0 Å². The van der Waals surface area contributed by atoms with Crippen LogP contribution in [0.4, 0.5) is 13.2 Å². The molecule has 0 aliphatic heterocycles. The molecule has 1 atom stereocenters.